The minimum atomic E-state index is -0.450. The second-order valence-electron chi connectivity index (χ2n) is 6.85. The van der Waals surface area contributed by atoms with E-state index in [2.05, 4.69) is 5.32 Å². The first-order chi connectivity index (χ1) is 10.7. The third-order valence-corrected chi connectivity index (χ3v) is 4.27. The highest BCUT2D eigenvalue weighted by Gasteiger charge is 2.29. The minimum Gasteiger partial charge on any atom is -0.444 e. The fourth-order valence-corrected chi connectivity index (χ4v) is 3.06. The summed E-state index contributed by atoms with van der Waals surface area (Å²) in [5.41, 5.74) is 0.624. The molecule has 0 aromatic heterocycles. The summed E-state index contributed by atoms with van der Waals surface area (Å²) in [6.07, 6.45) is 1.54. The Bertz CT molecular complexity index is 558. The van der Waals surface area contributed by atoms with Gasteiger partial charge in [0.1, 0.15) is 5.60 Å². The summed E-state index contributed by atoms with van der Waals surface area (Å²) in [5, 5.41) is 4.82. The highest BCUT2D eigenvalue weighted by molar-refractivity contribution is 6.35. The number of ether oxygens (including phenoxy) is 1. The van der Waals surface area contributed by atoms with Crippen LogP contribution in [0, 0.1) is 0 Å². The van der Waals surface area contributed by atoms with Crippen LogP contribution in [-0.4, -0.2) is 42.3 Å². The van der Waals surface area contributed by atoms with Crippen LogP contribution in [0.3, 0.4) is 0 Å². The van der Waals surface area contributed by atoms with Crippen LogP contribution >= 0.6 is 23.2 Å². The number of halogens is 2. The van der Waals surface area contributed by atoms with Crippen LogP contribution in [0.25, 0.3) is 0 Å². The molecule has 4 nitrogen and oxygen atoms in total. The molecule has 6 heteroatoms. The summed E-state index contributed by atoms with van der Waals surface area (Å²) in [7, 11) is 0. The van der Waals surface area contributed by atoms with Crippen molar-refractivity contribution < 1.29 is 9.53 Å². The van der Waals surface area contributed by atoms with Gasteiger partial charge in [0.25, 0.3) is 0 Å². The summed E-state index contributed by atoms with van der Waals surface area (Å²) in [4.78, 5) is 13.8. The number of rotatable bonds is 4. The molecule has 1 unspecified atom stereocenters. The zero-order valence-corrected chi connectivity index (χ0v) is 15.4. The molecule has 0 aliphatic carbocycles. The van der Waals surface area contributed by atoms with Crippen molar-refractivity contribution in [3.05, 3.63) is 33.8 Å². The molecule has 1 saturated heterocycles. The van der Waals surface area contributed by atoms with Crippen molar-refractivity contribution in [2.45, 2.75) is 45.3 Å². The van der Waals surface area contributed by atoms with Crippen LogP contribution in [0.1, 0.15) is 32.8 Å². The maximum atomic E-state index is 12.0. The van der Waals surface area contributed by atoms with E-state index in [0.29, 0.717) is 22.6 Å². The SMILES string of the molecule is CC(C)(C)OC(=O)N1CCC(NCCc2ccc(Cl)cc2Cl)C1. The van der Waals surface area contributed by atoms with E-state index in [1.807, 2.05) is 32.9 Å². The Balaban J connectivity index is 1.74. The topological polar surface area (TPSA) is 41.6 Å². The molecule has 0 saturated carbocycles. The lowest BCUT2D eigenvalue weighted by molar-refractivity contribution is 0.0291. The molecule has 0 bridgehead atoms. The highest BCUT2D eigenvalue weighted by Crippen LogP contribution is 2.21. The van der Waals surface area contributed by atoms with Gasteiger partial charge in [0.05, 0.1) is 0 Å². The number of nitrogens with one attached hydrogen (secondary N) is 1. The van der Waals surface area contributed by atoms with Crippen LogP contribution in [0.5, 0.6) is 0 Å². The first-order valence-electron chi connectivity index (χ1n) is 7.90. The Morgan fingerprint density at radius 2 is 2.13 bits per heavy atom. The molecule has 1 amide bonds. The molecule has 0 spiro atoms. The van der Waals surface area contributed by atoms with Gasteiger partial charge < -0.3 is 15.0 Å². The number of nitrogens with zero attached hydrogens (tertiary/aromatic N) is 1. The van der Waals surface area contributed by atoms with Crippen molar-refractivity contribution in [3.63, 3.8) is 0 Å². The van der Waals surface area contributed by atoms with E-state index in [-0.39, 0.29) is 6.09 Å². The second kappa shape index (κ2) is 7.73. The van der Waals surface area contributed by atoms with E-state index in [1.54, 1.807) is 11.0 Å². The number of carbonyl (C=O) groups excluding carboxylic acids is 1. The van der Waals surface area contributed by atoms with Gasteiger partial charge >= 0.3 is 6.09 Å². The van der Waals surface area contributed by atoms with E-state index >= 15 is 0 Å². The summed E-state index contributed by atoms with van der Waals surface area (Å²) in [5.74, 6) is 0. The number of benzene rings is 1. The molecule has 2 rings (SSSR count). The molecule has 1 N–H and O–H groups in total. The molecular formula is C17H24Cl2N2O2. The van der Waals surface area contributed by atoms with E-state index in [9.17, 15) is 4.79 Å². The van der Waals surface area contributed by atoms with Gasteiger partial charge in [0, 0.05) is 29.2 Å². The van der Waals surface area contributed by atoms with Gasteiger partial charge in [-0.2, -0.15) is 0 Å². The molecular weight excluding hydrogens is 335 g/mol. The lowest BCUT2D eigenvalue weighted by atomic mass is 10.1. The quantitative estimate of drug-likeness (QED) is 0.879. The Morgan fingerprint density at radius 3 is 2.78 bits per heavy atom. The molecule has 128 valence electrons. The van der Waals surface area contributed by atoms with Gasteiger partial charge in [0.2, 0.25) is 0 Å². The minimum absolute atomic E-state index is 0.234. The molecule has 1 heterocycles. The van der Waals surface area contributed by atoms with E-state index in [0.717, 1.165) is 31.5 Å². The first kappa shape index (κ1) is 18.4. The van der Waals surface area contributed by atoms with E-state index in [4.69, 9.17) is 27.9 Å². The molecule has 1 aromatic carbocycles. The van der Waals surface area contributed by atoms with Crippen molar-refractivity contribution in [3.8, 4) is 0 Å². The van der Waals surface area contributed by atoms with Crippen LogP contribution in [-0.2, 0) is 11.2 Å². The molecule has 1 fully saturated rings. The number of hydrogen-bond acceptors (Lipinski definition) is 3. The van der Waals surface area contributed by atoms with Crippen molar-refractivity contribution in [2.24, 2.45) is 0 Å². The highest BCUT2D eigenvalue weighted by atomic mass is 35.5. The predicted molar refractivity (Wildman–Crippen MR) is 94.4 cm³/mol. The van der Waals surface area contributed by atoms with Gasteiger partial charge in [0.15, 0.2) is 0 Å². The van der Waals surface area contributed by atoms with Gasteiger partial charge in [-0.3, -0.25) is 0 Å². The molecule has 23 heavy (non-hydrogen) atoms. The summed E-state index contributed by atoms with van der Waals surface area (Å²) in [6, 6.07) is 5.86. The number of carbonyl (C=O) groups is 1. The molecule has 1 atom stereocenters. The largest absolute Gasteiger partial charge is 0.444 e. The van der Waals surface area contributed by atoms with E-state index in [1.165, 1.54) is 0 Å². The Hall–Kier alpha value is -0.970. The van der Waals surface area contributed by atoms with Crippen LogP contribution in [0.4, 0.5) is 4.79 Å². The third kappa shape index (κ3) is 5.87. The third-order valence-electron chi connectivity index (χ3n) is 3.68. The molecule has 1 aromatic rings. The van der Waals surface area contributed by atoms with Crippen LogP contribution in [0.15, 0.2) is 18.2 Å². The van der Waals surface area contributed by atoms with Crippen molar-refractivity contribution in [1.29, 1.82) is 0 Å². The Labute approximate surface area is 148 Å². The average molecular weight is 359 g/mol. The Kier molecular flexibility index (Phi) is 6.18. The van der Waals surface area contributed by atoms with Gasteiger partial charge in [-0.1, -0.05) is 29.3 Å². The molecule has 1 aliphatic rings. The van der Waals surface area contributed by atoms with Gasteiger partial charge in [-0.15, -0.1) is 0 Å². The normalized spacial score (nSPS) is 18.3. The van der Waals surface area contributed by atoms with Crippen LogP contribution in [0.2, 0.25) is 10.0 Å². The predicted octanol–water partition coefficient (Wildman–Crippen LogP) is 4.13. The lowest BCUT2D eigenvalue weighted by Gasteiger charge is -2.24. The van der Waals surface area contributed by atoms with Gasteiger partial charge in [-0.25, -0.2) is 4.79 Å². The number of likely N-dealkylation sites (tertiary alicyclic amines) is 1. The standard InChI is InChI=1S/C17H24Cl2N2O2/c1-17(2,3)23-16(22)21-9-7-14(11-21)20-8-6-12-4-5-13(18)10-15(12)19/h4-5,10,14,20H,6-9,11H2,1-3H3. The van der Waals surface area contributed by atoms with Crippen LogP contribution < -0.4 is 5.32 Å². The Morgan fingerprint density at radius 1 is 1.39 bits per heavy atom. The number of amides is 1. The average Bonchev–Trinajstić information content (AvgIpc) is 2.88. The zero-order chi connectivity index (χ0) is 17.0. The fourth-order valence-electron chi connectivity index (χ4n) is 2.55. The summed E-state index contributed by atoms with van der Waals surface area (Å²) < 4.78 is 5.40. The summed E-state index contributed by atoms with van der Waals surface area (Å²) in [6.45, 7) is 7.87. The second-order valence-corrected chi connectivity index (χ2v) is 7.70. The van der Waals surface area contributed by atoms with E-state index < -0.39 is 5.60 Å². The fraction of sp³-hybridized carbons (Fsp3) is 0.588. The summed E-state index contributed by atoms with van der Waals surface area (Å²) >= 11 is 12.1. The molecule has 1 aliphatic heterocycles. The lowest BCUT2D eigenvalue weighted by Crippen LogP contribution is -2.38. The smallest absolute Gasteiger partial charge is 0.410 e. The zero-order valence-electron chi connectivity index (χ0n) is 13.9. The maximum Gasteiger partial charge on any atom is 0.410 e. The monoisotopic (exact) mass is 358 g/mol. The molecule has 0 radical (unpaired) electrons. The van der Waals surface area contributed by atoms with Crippen molar-refractivity contribution in [2.75, 3.05) is 19.6 Å². The number of hydrogen-bond donors (Lipinski definition) is 1. The maximum absolute atomic E-state index is 12.0. The first-order valence-corrected chi connectivity index (χ1v) is 8.65. The van der Waals surface area contributed by atoms with Crippen molar-refractivity contribution in [1.82, 2.24) is 10.2 Å². The van der Waals surface area contributed by atoms with Gasteiger partial charge in [-0.05, 0) is 57.9 Å². The van der Waals surface area contributed by atoms with Crippen molar-refractivity contribution >= 4 is 29.3 Å².